The lowest BCUT2D eigenvalue weighted by molar-refractivity contribution is -0.924. The number of hydrogen-bond donors (Lipinski definition) is 2. The molecular weight excluding hydrogens is 286 g/mol. The van der Waals surface area contributed by atoms with Crippen LogP contribution in [0.2, 0.25) is 0 Å². The first-order chi connectivity index (χ1) is 11.2. The third kappa shape index (κ3) is 3.73. The van der Waals surface area contributed by atoms with Crippen LogP contribution in [0.4, 0.5) is 5.69 Å². The first kappa shape index (κ1) is 16.0. The van der Waals surface area contributed by atoms with Crippen molar-refractivity contribution in [2.75, 3.05) is 18.4 Å². The molecule has 1 amide bonds. The maximum atomic E-state index is 12.5. The molecule has 3 rings (SSSR count). The molecule has 4 atom stereocenters. The Bertz CT molecular complexity index is 590. The summed E-state index contributed by atoms with van der Waals surface area (Å²) in [5.74, 6) is 1.80. The molecule has 1 saturated heterocycles. The van der Waals surface area contributed by atoms with E-state index in [0.29, 0.717) is 5.56 Å². The fourth-order valence-corrected chi connectivity index (χ4v) is 4.20. The van der Waals surface area contributed by atoms with Crippen molar-refractivity contribution in [3.8, 4) is 6.07 Å². The summed E-state index contributed by atoms with van der Waals surface area (Å²) >= 11 is 0. The maximum Gasteiger partial charge on any atom is 0.282 e. The highest BCUT2D eigenvalue weighted by atomic mass is 16.2. The summed E-state index contributed by atoms with van der Waals surface area (Å²) in [6.07, 6.45) is 6.77. The number of nitriles is 1. The van der Waals surface area contributed by atoms with Gasteiger partial charge in [-0.05, 0) is 56.4 Å². The van der Waals surface area contributed by atoms with E-state index in [2.05, 4.69) is 11.4 Å². The third-order valence-electron chi connectivity index (χ3n) is 5.71. The van der Waals surface area contributed by atoms with E-state index in [1.807, 2.05) is 6.92 Å². The van der Waals surface area contributed by atoms with E-state index in [4.69, 9.17) is 5.26 Å². The summed E-state index contributed by atoms with van der Waals surface area (Å²) in [5, 5.41) is 11.8. The number of fused-ring (bicyclic) bond motifs is 1. The predicted octanol–water partition coefficient (Wildman–Crippen LogP) is 1.98. The van der Waals surface area contributed by atoms with E-state index in [0.717, 1.165) is 30.6 Å². The summed E-state index contributed by atoms with van der Waals surface area (Å²) in [4.78, 5) is 14.0. The molecule has 23 heavy (non-hydrogen) atoms. The monoisotopic (exact) mass is 312 g/mol. The maximum absolute atomic E-state index is 12.5. The van der Waals surface area contributed by atoms with Gasteiger partial charge in [0.15, 0.2) is 6.04 Å². The molecule has 1 unspecified atom stereocenters. The van der Waals surface area contributed by atoms with Gasteiger partial charge >= 0.3 is 0 Å². The van der Waals surface area contributed by atoms with Crippen LogP contribution in [-0.2, 0) is 4.79 Å². The van der Waals surface area contributed by atoms with E-state index in [-0.39, 0.29) is 11.9 Å². The number of benzene rings is 1. The van der Waals surface area contributed by atoms with Gasteiger partial charge in [-0.2, -0.15) is 5.26 Å². The number of hydrogen-bond acceptors (Lipinski definition) is 2. The average Bonchev–Trinajstić information content (AvgIpc) is 2.61. The number of nitrogens with one attached hydrogen (secondary N) is 2. The number of rotatable bonds is 3. The first-order valence-electron chi connectivity index (χ1n) is 8.83. The van der Waals surface area contributed by atoms with Crippen molar-refractivity contribution in [2.45, 2.75) is 45.1 Å². The van der Waals surface area contributed by atoms with E-state index < -0.39 is 0 Å². The van der Waals surface area contributed by atoms with Gasteiger partial charge in [-0.25, -0.2) is 0 Å². The van der Waals surface area contributed by atoms with Crippen molar-refractivity contribution in [3.63, 3.8) is 0 Å². The second-order valence-corrected chi connectivity index (χ2v) is 7.11. The molecule has 2 aliphatic rings. The van der Waals surface area contributed by atoms with Crippen LogP contribution in [0.3, 0.4) is 0 Å². The van der Waals surface area contributed by atoms with Gasteiger partial charge < -0.3 is 10.2 Å². The van der Waals surface area contributed by atoms with Gasteiger partial charge in [0.25, 0.3) is 5.91 Å². The molecule has 1 aliphatic carbocycles. The van der Waals surface area contributed by atoms with Crippen LogP contribution in [0.5, 0.6) is 0 Å². The van der Waals surface area contributed by atoms with Crippen LogP contribution in [0, 0.1) is 23.2 Å². The van der Waals surface area contributed by atoms with Crippen LogP contribution in [0.15, 0.2) is 24.3 Å². The van der Waals surface area contributed by atoms with Crippen LogP contribution in [0.1, 0.15) is 44.6 Å². The molecule has 0 aromatic heterocycles. The van der Waals surface area contributed by atoms with Crippen LogP contribution < -0.4 is 10.2 Å². The Hall–Kier alpha value is -1.86. The molecule has 0 spiro atoms. The highest BCUT2D eigenvalue weighted by Crippen LogP contribution is 2.32. The number of amides is 1. The second kappa shape index (κ2) is 7.14. The van der Waals surface area contributed by atoms with Gasteiger partial charge in [0, 0.05) is 11.6 Å². The summed E-state index contributed by atoms with van der Waals surface area (Å²) < 4.78 is 0. The fraction of sp³-hybridized carbons (Fsp3) is 0.579. The van der Waals surface area contributed by atoms with E-state index in [1.54, 1.807) is 24.3 Å². The second-order valence-electron chi connectivity index (χ2n) is 7.11. The SMILES string of the molecule is C[C@H](C(=O)Nc1ccc(C#N)cc1)[NH+]1CC[C@@H]2CCCC[C@@H]2C1. The van der Waals surface area contributed by atoms with Crippen molar-refractivity contribution in [2.24, 2.45) is 11.8 Å². The van der Waals surface area contributed by atoms with Crippen molar-refractivity contribution < 1.29 is 9.69 Å². The van der Waals surface area contributed by atoms with E-state index in [9.17, 15) is 4.79 Å². The number of carbonyl (C=O) groups excluding carboxylic acids is 1. The number of piperidine rings is 1. The highest BCUT2D eigenvalue weighted by Gasteiger charge is 2.37. The van der Waals surface area contributed by atoms with Gasteiger partial charge in [-0.15, -0.1) is 0 Å². The minimum absolute atomic E-state index is 0.0199. The Morgan fingerprint density at radius 3 is 2.61 bits per heavy atom. The zero-order valence-electron chi connectivity index (χ0n) is 13.8. The molecule has 1 saturated carbocycles. The quantitative estimate of drug-likeness (QED) is 0.896. The number of carbonyl (C=O) groups is 1. The molecule has 1 aliphatic heterocycles. The third-order valence-corrected chi connectivity index (χ3v) is 5.71. The van der Waals surface area contributed by atoms with Gasteiger partial charge in [0.1, 0.15) is 0 Å². The van der Waals surface area contributed by atoms with Crippen molar-refractivity contribution in [3.05, 3.63) is 29.8 Å². The van der Waals surface area contributed by atoms with Gasteiger partial charge in [0.2, 0.25) is 0 Å². The topological polar surface area (TPSA) is 57.3 Å². The van der Waals surface area contributed by atoms with Crippen molar-refractivity contribution in [1.82, 2.24) is 0 Å². The zero-order chi connectivity index (χ0) is 16.2. The van der Waals surface area contributed by atoms with Crippen LogP contribution in [-0.4, -0.2) is 25.0 Å². The molecule has 4 heteroatoms. The number of likely N-dealkylation sites (tertiary alicyclic amines) is 1. The van der Waals surface area contributed by atoms with Crippen LogP contribution >= 0.6 is 0 Å². The molecule has 0 radical (unpaired) electrons. The lowest BCUT2D eigenvalue weighted by atomic mass is 9.75. The lowest BCUT2D eigenvalue weighted by Crippen LogP contribution is -3.18. The van der Waals surface area contributed by atoms with Gasteiger partial charge in [-0.3, -0.25) is 4.79 Å². The fourth-order valence-electron chi connectivity index (χ4n) is 4.20. The largest absolute Gasteiger partial charge is 0.325 e. The number of nitrogens with zero attached hydrogens (tertiary/aromatic N) is 1. The Morgan fingerprint density at radius 1 is 1.22 bits per heavy atom. The van der Waals surface area contributed by atoms with Gasteiger partial charge in [0.05, 0.1) is 24.7 Å². The number of anilines is 1. The van der Waals surface area contributed by atoms with Crippen LogP contribution in [0.25, 0.3) is 0 Å². The normalized spacial score (nSPS) is 28.3. The molecule has 122 valence electrons. The summed E-state index contributed by atoms with van der Waals surface area (Å²) in [6.45, 7) is 4.30. The van der Waals surface area contributed by atoms with Crippen molar-refractivity contribution in [1.29, 1.82) is 5.26 Å². The lowest BCUT2D eigenvalue weighted by Gasteiger charge is -2.40. The Morgan fingerprint density at radius 2 is 1.91 bits per heavy atom. The summed E-state index contributed by atoms with van der Waals surface area (Å²) in [7, 11) is 0. The predicted molar refractivity (Wildman–Crippen MR) is 90.0 cm³/mol. The van der Waals surface area contributed by atoms with E-state index >= 15 is 0 Å². The molecule has 2 N–H and O–H groups in total. The highest BCUT2D eigenvalue weighted by molar-refractivity contribution is 5.93. The Balaban J connectivity index is 1.57. The summed E-state index contributed by atoms with van der Waals surface area (Å²) in [6, 6.07) is 9.14. The average molecular weight is 312 g/mol. The minimum Gasteiger partial charge on any atom is -0.325 e. The molecule has 2 fully saturated rings. The smallest absolute Gasteiger partial charge is 0.282 e. The Kier molecular flexibility index (Phi) is 4.97. The molecular formula is C19H26N3O+. The summed E-state index contributed by atoms with van der Waals surface area (Å²) in [5.41, 5.74) is 1.38. The Labute approximate surface area is 138 Å². The number of quaternary nitrogens is 1. The first-order valence-corrected chi connectivity index (χ1v) is 8.83. The standard InChI is InChI=1S/C19H25N3O/c1-14(19(23)21-18-8-6-15(12-20)7-9-18)22-11-10-16-4-2-3-5-17(16)13-22/h6-9,14,16-17H,2-5,10-11,13H2,1H3,(H,21,23)/p+1/t14-,16+,17-/m1/s1. The van der Waals surface area contributed by atoms with Crippen molar-refractivity contribution >= 4 is 11.6 Å². The molecule has 0 bridgehead atoms. The van der Waals surface area contributed by atoms with Gasteiger partial charge in [-0.1, -0.05) is 12.8 Å². The molecule has 4 nitrogen and oxygen atoms in total. The van der Waals surface area contributed by atoms with E-state index in [1.165, 1.54) is 37.0 Å². The minimum atomic E-state index is -0.0199. The zero-order valence-corrected chi connectivity index (χ0v) is 13.8. The molecule has 1 aromatic rings. The molecule has 1 heterocycles. The molecule has 1 aromatic carbocycles.